The molecule has 0 radical (unpaired) electrons. The highest BCUT2D eigenvalue weighted by Crippen LogP contribution is 2.44. The first-order valence-electron chi connectivity index (χ1n) is 8.65. The third kappa shape index (κ3) is 2.54. The summed E-state index contributed by atoms with van der Waals surface area (Å²) in [5, 5.41) is 2.14. The van der Waals surface area contributed by atoms with Crippen LogP contribution >= 0.6 is 11.3 Å². The number of rotatable bonds is 3. The van der Waals surface area contributed by atoms with Crippen LogP contribution in [0.2, 0.25) is 0 Å². The van der Waals surface area contributed by atoms with Crippen molar-refractivity contribution in [2.75, 3.05) is 0 Å². The minimum atomic E-state index is -0.568. The third-order valence-electron chi connectivity index (χ3n) is 4.87. The quantitative estimate of drug-likeness (QED) is 0.445. The van der Waals surface area contributed by atoms with Gasteiger partial charge in [0.2, 0.25) is 0 Å². The number of benzene rings is 2. The maximum Gasteiger partial charge on any atom is 0.135 e. The van der Waals surface area contributed by atoms with E-state index in [9.17, 15) is 8.78 Å². The summed E-state index contributed by atoms with van der Waals surface area (Å²) in [5.74, 6) is -0.499. The van der Waals surface area contributed by atoms with Crippen LogP contribution in [0.25, 0.3) is 33.4 Å². The van der Waals surface area contributed by atoms with Gasteiger partial charge >= 0.3 is 0 Å². The van der Waals surface area contributed by atoms with E-state index in [-0.39, 0.29) is 5.56 Å². The highest BCUT2D eigenvalue weighted by atomic mass is 32.1. The Balaban J connectivity index is 1.60. The van der Waals surface area contributed by atoms with E-state index in [4.69, 9.17) is 4.98 Å². The van der Waals surface area contributed by atoms with Crippen LogP contribution in [-0.2, 0) is 0 Å². The van der Waals surface area contributed by atoms with Gasteiger partial charge in [0.25, 0.3) is 0 Å². The van der Waals surface area contributed by atoms with Gasteiger partial charge in [0.1, 0.15) is 11.6 Å². The average molecular weight is 366 g/mol. The second kappa shape index (κ2) is 5.74. The number of hydrogen-bond donors (Lipinski definition) is 1. The number of nitrogens with one attached hydrogen (secondary N) is 1. The Morgan fingerprint density at radius 3 is 2.58 bits per heavy atom. The van der Waals surface area contributed by atoms with E-state index in [0.29, 0.717) is 11.6 Å². The van der Waals surface area contributed by atoms with Crippen molar-refractivity contribution < 1.29 is 8.78 Å². The summed E-state index contributed by atoms with van der Waals surface area (Å²) < 4.78 is 28.2. The molecule has 130 valence electrons. The van der Waals surface area contributed by atoms with Gasteiger partial charge in [0, 0.05) is 27.3 Å². The number of aromatic amines is 1. The van der Waals surface area contributed by atoms with Gasteiger partial charge in [-0.3, -0.25) is 0 Å². The zero-order valence-electron chi connectivity index (χ0n) is 14.1. The van der Waals surface area contributed by atoms with Gasteiger partial charge in [-0.1, -0.05) is 12.1 Å². The SMILES string of the molecule is Cc1sc(C2CC2)nc1-c1ccc2[nH]c(-c3c(F)cccc3F)cc2c1. The highest BCUT2D eigenvalue weighted by Gasteiger charge is 2.28. The molecule has 1 aliphatic rings. The van der Waals surface area contributed by atoms with E-state index in [1.54, 1.807) is 17.4 Å². The van der Waals surface area contributed by atoms with Crippen LogP contribution in [0, 0.1) is 18.6 Å². The monoisotopic (exact) mass is 366 g/mol. The molecule has 1 N–H and O–H groups in total. The van der Waals surface area contributed by atoms with Gasteiger partial charge in [-0.05, 0) is 50.1 Å². The van der Waals surface area contributed by atoms with Gasteiger partial charge < -0.3 is 4.98 Å². The van der Waals surface area contributed by atoms with Gasteiger partial charge in [-0.15, -0.1) is 11.3 Å². The first-order chi connectivity index (χ1) is 12.6. The molecule has 0 amide bonds. The lowest BCUT2D eigenvalue weighted by molar-refractivity contribution is 0.589. The summed E-state index contributed by atoms with van der Waals surface area (Å²) in [4.78, 5) is 9.16. The fourth-order valence-electron chi connectivity index (χ4n) is 3.36. The molecule has 1 fully saturated rings. The molecule has 0 bridgehead atoms. The molecule has 0 atom stereocenters. The maximum atomic E-state index is 14.1. The molecular weight excluding hydrogens is 350 g/mol. The van der Waals surface area contributed by atoms with Gasteiger partial charge in [0.15, 0.2) is 0 Å². The van der Waals surface area contributed by atoms with E-state index in [2.05, 4.69) is 11.9 Å². The largest absolute Gasteiger partial charge is 0.354 e. The lowest BCUT2D eigenvalue weighted by atomic mass is 10.1. The molecule has 0 unspecified atom stereocenters. The first kappa shape index (κ1) is 15.7. The number of nitrogens with zero attached hydrogens (tertiary/aromatic N) is 1. The molecule has 1 saturated carbocycles. The second-order valence-corrected chi connectivity index (χ2v) is 8.05. The Morgan fingerprint density at radius 1 is 1.08 bits per heavy atom. The minimum Gasteiger partial charge on any atom is -0.354 e. The van der Waals surface area contributed by atoms with Gasteiger partial charge in [-0.2, -0.15) is 0 Å². The Labute approximate surface area is 153 Å². The fraction of sp³-hybridized carbons (Fsp3) is 0.190. The van der Waals surface area contributed by atoms with Crippen LogP contribution in [0.4, 0.5) is 8.78 Å². The summed E-state index contributed by atoms with van der Waals surface area (Å²) in [6.45, 7) is 2.10. The molecule has 2 aromatic carbocycles. The molecule has 0 saturated heterocycles. The van der Waals surface area contributed by atoms with Crippen LogP contribution in [0.3, 0.4) is 0 Å². The van der Waals surface area contributed by atoms with Crippen LogP contribution < -0.4 is 0 Å². The molecule has 2 heterocycles. The molecule has 0 aliphatic heterocycles. The van der Waals surface area contributed by atoms with Crippen LogP contribution in [0.15, 0.2) is 42.5 Å². The Hall–Kier alpha value is -2.53. The molecule has 1 aliphatic carbocycles. The summed E-state index contributed by atoms with van der Waals surface area (Å²) in [6, 6.07) is 11.7. The molecule has 4 aromatic rings. The third-order valence-corrected chi connectivity index (χ3v) is 6.00. The van der Waals surface area contributed by atoms with Crippen molar-refractivity contribution in [2.24, 2.45) is 0 Å². The molecular formula is C21H16F2N2S. The molecule has 2 aromatic heterocycles. The van der Waals surface area contributed by atoms with E-state index in [1.807, 2.05) is 18.2 Å². The van der Waals surface area contributed by atoms with Gasteiger partial charge in [-0.25, -0.2) is 13.8 Å². The summed E-state index contributed by atoms with van der Waals surface area (Å²) in [5.41, 5.74) is 3.32. The number of aryl methyl sites for hydroxylation is 1. The fourth-order valence-corrected chi connectivity index (χ4v) is 4.47. The number of hydrogen-bond acceptors (Lipinski definition) is 2. The molecule has 26 heavy (non-hydrogen) atoms. The first-order valence-corrected chi connectivity index (χ1v) is 9.46. The lowest BCUT2D eigenvalue weighted by Gasteiger charge is -2.01. The van der Waals surface area contributed by atoms with Crippen molar-refractivity contribution in [1.82, 2.24) is 9.97 Å². The van der Waals surface area contributed by atoms with E-state index >= 15 is 0 Å². The second-order valence-electron chi connectivity index (χ2n) is 6.81. The summed E-state index contributed by atoms with van der Waals surface area (Å²) in [7, 11) is 0. The summed E-state index contributed by atoms with van der Waals surface area (Å²) in [6.07, 6.45) is 2.47. The number of H-pyrrole nitrogens is 1. The van der Waals surface area contributed by atoms with Gasteiger partial charge in [0.05, 0.1) is 22.0 Å². The van der Waals surface area contributed by atoms with Crippen LogP contribution in [0.5, 0.6) is 0 Å². The van der Waals surface area contributed by atoms with Crippen molar-refractivity contribution in [1.29, 1.82) is 0 Å². The highest BCUT2D eigenvalue weighted by molar-refractivity contribution is 7.12. The zero-order chi connectivity index (χ0) is 17.8. The van der Waals surface area contributed by atoms with Crippen LogP contribution in [-0.4, -0.2) is 9.97 Å². The predicted octanol–water partition coefficient (Wildman–Crippen LogP) is 6.42. The van der Waals surface area contributed by atoms with E-state index < -0.39 is 11.6 Å². The van der Waals surface area contributed by atoms with E-state index in [1.165, 1.54) is 40.9 Å². The minimum absolute atomic E-state index is 0.0221. The van der Waals surface area contributed by atoms with Crippen molar-refractivity contribution in [3.05, 3.63) is 64.0 Å². The van der Waals surface area contributed by atoms with E-state index in [0.717, 1.165) is 22.2 Å². The predicted molar refractivity (Wildman–Crippen MR) is 101 cm³/mol. The zero-order valence-corrected chi connectivity index (χ0v) is 15.0. The maximum absolute atomic E-state index is 14.1. The van der Waals surface area contributed by atoms with Crippen molar-refractivity contribution in [3.63, 3.8) is 0 Å². The smallest absolute Gasteiger partial charge is 0.135 e. The topological polar surface area (TPSA) is 28.7 Å². The van der Waals surface area contributed by atoms with Crippen molar-refractivity contribution in [2.45, 2.75) is 25.7 Å². The summed E-state index contributed by atoms with van der Waals surface area (Å²) >= 11 is 1.77. The number of aromatic nitrogens is 2. The standard InChI is InChI=1S/C21H16F2N2S/c1-11-20(25-21(26-11)12-5-6-12)13-7-8-17-14(9-13)10-18(24-17)19-15(22)3-2-4-16(19)23/h2-4,7-10,12,24H,5-6H2,1H3. The van der Waals surface area contributed by atoms with Crippen molar-refractivity contribution >= 4 is 22.2 Å². The Kier molecular flexibility index (Phi) is 3.47. The Bertz CT molecular complexity index is 1120. The molecule has 5 heteroatoms. The molecule has 5 rings (SSSR count). The number of thiazole rings is 1. The molecule has 0 spiro atoms. The Morgan fingerprint density at radius 2 is 1.85 bits per heavy atom. The average Bonchev–Trinajstić information content (AvgIpc) is 3.26. The number of halogens is 2. The van der Waals surface area contributed by atoms with Crippen LogP contribution in [0.1, 0.15) is 28.6 Å². The number of fused-ring (bicyclic) bond motifs is 1. The normalized spacial score (nSPS) is 14.3. The molecule has 2 nitrogen and oxygen atoms in total. The lowest BCUT2D eigenvalue weighted by Crippen LogP contribution is -1.89. The van der Waals surface area contributed by atoms with Crippen molar-refractivity contribution in [3.8, 4) is 22.5 Å².